The largest absolute Gasteiger partial charge is 0.342 e. The summed E-state index contributed by atoms with van der Waals surface area (Å²) in [6, 6.07) is 7.25. The third-order valence-electron chi connectivity index (χ3n) is 7.09. The molecule has 1 amide bonds. The number of halogens is 1. The van der Waals surface area contributed by atoms with Crippen LogP contribution in [0.5, 0.6) is 0 Å². The van der Waals surface area contributed by atoms with Gasteiger partial charge in [-0.05, 0) is 37.3 Å². The van der Waals surface area contributed by atoms with Crippen LogP contribution in [0.15, 0.2) is 24.3 Å². The highest BCUT2D eigenvalue weighted by Gasteiger charge is 2.32. The SMILES string of the molecule is O=C(Cc1ccccc1F)N1CCCC(c2nnc3n2CCN(C2CCCC2)C3)C1. The predicted molar refractivity (Wildman–Crippen MR) is 111 cm³/mol. The van der Waals surface area contributed by atoms with E-state index < -0.39 is 0 Å². The molecule has 6 nitrogen and oxygen atoms in total. The molecule has 0 bridgehead atoms. The van der Waals surface area contributed by atoms with Crippen molar-refractivity contribution in [3.05, 3.63) is 47.3 Å². The van der Waals surface area contributed by atoms with E-state index in [1.165, 1.54) is 31.7 Å². The summed E-state index contributed by atoms with van der Waals surface area (Å²) in [6.07, 6.45) is 7.40. The summed E-state index contributed by atoms with van der Waals surface area (Å²) >= 11 is 0. The molecule has 3 heterocycles. The smallest absolute Gasteiger partial charge is 0.227 e. The van der Waals surface area contributed by atoms with Gasteiger partial charge in [0.15, 0.2) is 0 Å². The third kappa shape index (κ3) is 3.87. The van der Waals surface area contributed by atoms with E-state index in [2.05, 4.69) is 19.7 Å². The number of fused-ring (bicyclic) bond motifs is 1. The van der Waals surface area contributed by atoms with Crippen molar-refractivity contribution >= 4 is 5.91 Å². The molecule has 2 aliphatic heterocycles. The Hall–Kier alpha value is -2.28. The van der Waals surface area contributed by atoms with E-state index in [1.54, 1.807) is 18.2 Å². The molecule has 1 saturated heterocycles. The summed E-state index contributed by atoms with van der Waals surface area (Å²) in [4.78, 5) is 17.3. The molecule has 1 aromatic heterocycles. The summed E-state index contributed by atoms with van der Waals surface area (Å²) in [7, 11) is 0. The van der Waals surface area contributed by atoms with Gasteiger partial charge in [0.2, 0.25) is 5.91 Å². The molecule has 0 N–H and O–H groups in total. The first-order valence-corrected chi connectivity index (χ1v) is 11.4. The molecule has 0 spiro atoms. The molecule has 1 aliphatic carbocycles. The van der Waals surface area contributed by atoms with Crippen molar-refractivity contribution in [3.8, 4) is 0 Å². The number of rotatable bonds is 4. The van der Waals surface area contributed by atoms with Gasteiger partial charge < -0.3 is 9.47 Å². The van der Waals surface area contributed by atoms with E-state index >= 15 is 0 Å². The molecule has 1 unspecified atom stereocenters. The topological polar surface area (TPSA) is 54.3 Å². The number of hydrogen-bond donors (Lipinski definition) is 0. The summed E-state index contributed by atoms with van der Waals surface area (Å²) in [5.74, 6) is 1.99. The molecular weight excluding hydrogens is 381 g/mol. The van der Waals surface area contributed by atoms with Crippen molar-refractivity contribution < 1.29 is 9.18 Å². The average molecular weight is 412 g/mol. The van der Waals surface area contributed by atoms with Crippen LogP contribution in [0.25, 0.3) is 0 Å². The molecular formula is C23H30FN5O. The quantitative estimate of drug-likeness (QED) is 0.776. The van der Waals surface area contributed by atoms with E-state index in [4.69, 9.17) is 0 Å². The Bertz CT molecular complexity index is 907. The van der Waals surface area contributed by atoms with E-state index in [0.717, 1.165) is 50.7 Å². The maximum atomic E-state index is 14.0. The Morgan fingerprint density at radius 3 is 2.70 bits per heavy atom. The van der Waals surface area contributed by atoms with Gasteiger partial charge >= 0.3 is 0 Å². The maximum Gasteiger partial charge on any atom is 0.227 e. The Balaban J connectivity index is 1.26. The van der Waals surface area contributed by atoms with E-state index in [0.29, 0.717) is 18.2 Å². The lowest BCUT2D eigenvalue weighted by Crippen LogP contribution is -2.42. The fraction of sp³-hybridized carbons (Fsp3) is 0.609. The molecule has 7 heteroatoms. The number of amides is 1. The highest BCUT2D eigenvalue weighted by Crippen LogP contribution is 2.30. The van der Waals surface area contributed by atoms with Gasteiger partial charge in [0.25, 0.3) is 0 Å². The average Bonchev–Trinajstić information content (AvgIpc) is 3.45. The van der Waals surface area contributed by atoms with Gasteiger partial charge in [-0.15, -0.1) is 10.2 Å². The molecule has 160 valence electrons. The van der Waals surface area contributed by atoms with Crippen LogP contribution in [0.4, 0.5) is 4.39 Å². The van der Waals surface area contributed by atoms with Crippen LogP contribution in [0.2, 0.25) is 0 Å². The van der Waals surface area contributed by atoms with Crippen molar-refractivity contribution in [2.45, 2.75) is 70.0 Å². The zero-order chi connectivity index (χ0) is 20.5. The number of carbonyl (C=O) groups is 1. The standard InChI is InChI=1S/C23H30FN5O/c24-20-10-4-1-6-17(20)14-22(30)28-11-5-7-18(15-28)23-26-25-21-16-27(12-13-29(21)23)19-8-2-3-9-19/h1,4,6,10,18-19H,2-3,5,7-9,11-16H2. The minimum Gasteiger partial charge on any atom is -0.342 e. The Labute approximate surface area is 177 Å². The Morgan fingerprint density at radius 1 is 1.03 bits per heavy atom. The highest BCUT2D eigenvalue weighted by atomic mass is 19.1. The molecule has 5 rings (SSSR count). The molecule has 30 heavy (non-hydrogen) atoms. The number of benzene rings is 1. The van der Waals surface area contributed by atoms with Crippen LogP contribution in [-0.2, 0) is 24.3 Å². The van der Waals surface area contributed by atoms with Crippen molar-refractivity contribution in [2.24, 2.45) is 0 Å². The van der Waals surface area contributed by atoms with Crippen LogP contribution in [0, 0.1) is 5.82 Å². The first-order chi connectivity index (χ1) is 14.7. The molecule has 3 aliphatic rings. The first-order valence-electron chi connectivity index (χ1n) is 11.4. The number of piperidine rings is 1. The maximum absolute atomic E-state index is 14.0. The van der Waals surface area contributed by atoms with Gasteiger partial charge in [-0.25, -0.2) is 4.39 Å². The number of nitrogens with zero attached hydrogens (tertiary/aromatic N) is 5. The first kappa shape index (κ1) is 19.7. The summed E-state index contributed by atoms with van der Waals surface area (Å²) in [5.41, 5.74) is 0.469. The molecule has 1 atom stereocenters. The lowest BCUT2D eigenvalue weighted by Gasteiger charge is -2.35. The minimum atomic E-state index is -0.308. The fourth-order valence-electron chi connectivity index (χ4n) is 5.41. The van der Waals surface area contributed by atoms with Gasteiger partial charge in [-0.1, -0.05) is 31.0 Å². The Kier molecular flexibility index (Phi) is 5.54. The van der Waals surface area contributed by atoms with Crippen molar-refractivity contribution in [2.75, 3.05) is 19.6 Å². The van der Waals surface area contributed by atoms with Gasteiger partial charge in [0.1, 0.15) is 17.5 Å². The van der Waals surface area contributed by atoms with Crippen LogP contribution < -0.4 is 0 Å². The highest BCUT2D eigenvalue weighted by molar-refractivity contribution is 5.79. The van der Waals surface area contributed by atoms with Gasteiger partial charge in [-0.3, -0.25) is 9.69 Å². The number of carbonyl (C=O) groups excluding carboxylic acids is 1. The van der Waals surface area contributed by atoms with Gasteiger partial charge in [0, 0.05) is 38.1 Å². The molecule has 0 radical (unpaired) electrons. The lowest BCUT2D eigenvalue weighted by atomic mass is 9.96. The summed E-state index contributed by atoms with van der Waals surface area (Å²) < 4.78 is 16.2. The fourth-order valence-corrected chi connectivity index (χ4v) is 5.41. The number of aromatic nitrogens is 3. The minimum absolute atomic E-state index is 0.00408. The zero-order valence-electron chi connectivity index (χ0n) is 17.5. The van der Waals surface area contributed by atoms with Crippen molar-refractivity contribution in [1.29, 1.82) is 0 Å². The third-order valence-corrected chi connectivity index (χ3v) is 7.09. The van der Waals surface area contributed by atoms with Crippen LogP contribution >= 0.6 is 0 Å². The van der Waals surface area contributed by atoms with Crippen LogP contribution in [-0.4, -0.2) is 56.1 Å². The van der Waals surface area contributed by atoms with Crippen LogP contribution in [0.1, 0.15) is 61.7 Å². The van der Waals surface area contributed by atoms with E-state index in [-0.39, 0.29) is 24.1 Å². The van der Waals surface area contributed by atoms with E-state index in [1.807, 2.05) is 4.90 Å². The van der Waals surface area contributed by atoms with Gasteiger partial charge in [-0.2, -0.15) is 0 Å². The predicted octanol–water partition coefficient (Wildman–Crippen LogP) is 3.12. The second kappa shape index (κ2) is 8.46. The summed E-state index contributed by atoms with van der Waals surface area (Å²) in [5, 5.41) is 9.08. The normalized spacial score (nSPS) is 23.0. The van der Waals surface area contributed by atoms with Gasteiger partial charge in [0.05, 0.1) is 13.0 Å². The second-order valence-corrected chi connectivity index (χ2v) is 8.98. The summed E-state index contributed by atoms with van der Waals surface area (Å²) in [6.45, 7) is 4.28. The molecule has 2 aromatic rings. The zero-order valence-corrected chi connectivity index (χ0v) is 17.5. The van der Waals surface area contributed by atoms with E-state index in [9.17, 15) is 9.18 Å². The molecule has 2 fully saturated rings. The monoisotopic (exact) mass is 411 g/mol. The van der Waals surface area contributed by atoms with Crippen molar-refractivity contribution in [1.82, 2.24) is 24.6 Å². The number of hydrogen-bond acceptors (Lipinski definition) is 4. The number of likely N-dealkylation sites (tertiary alicyclic amines) is 1. The Morgan fingerprint density at radius 2 is 1.87 bits per heavy atom. The molecule has 1 saturated carbocycles. The van der Waals surface area contributed by atoms with Crippen LogP contribution in [0.3, 0.4) is 0 Å². The molecule has 1 aromatic carbocycles. The second-order valence-electron chi connectivity index (χ2n) is 8.98. The van der Waals surface area contributed by atoms with Crippen molar-refractivity contribution in [3.63, 3.8) is 0 Å². The lowest BCUT2D eigenvalue weighted by molar-refractivity contribution is -0.131.